The van der Waals surface area contributed by atoms with Gasteiger partial charge >= 0.3 is 0 Å². The zero-order valence-corrected chi connectivity index (χ0v) is 19.8. The number of benzene rings is 2. The molecule has 6 heteroatoms. The average Bonchev–Trinajstić information content (AvgIpc) is 3.16. The standard InChI is InChI=1S/C25H27BrO4S/c26-21-9-5-19(6-10-21)20-7-11-22(12-8-20)27-13-3-1-2-4-14-28-23-15-29-24-17-31-18-25(24)30-16-23/h5-12,17-18,23H,1-4,13-16H2. The van der Waals surface area contributed by atoms with Gasteiger partial charge in [0.25, 0.3) is 0 Å². The highest BCUT2D eigenvalue weighted by molar-refractivity contribution is 9.10. The molecule has 0 spiro atoms. The molecule has 3 aromatic rings. The van der Waals surface area contributed by atoms with Crippen LogP contribution in [0.1, 0.15) is 25.7 Å². The lowest BCUT2D eigenvalue weighted by Crippen LogP contribution is -2.27. The van der Waals surface area contributed by atoms with Gasteiger partial charge in [0.1, 0.15) is 25.1 Å². The molecule has 0 atom stereocenters. The summed E-state index contributed by atoms with van der Waals surface area (Å²) in [4.78, 5) is 0. The minimum absolute atomic E-state index is 0.00103. The van der Waals surface area contributed by atoms with Crippen LogP contribution in [0.3, 0.4) is 0 Å². The van der Waals surface area contributed by atoms with E-state index in [9.17, 15) is 0 Å². The second kappa shape index (κ2) is 11.6. The lowest BCUT2D eigenvalue weighted by atomic mass is 10.1. The molecule has 0 aliphatic carbocycles. The normalized spacial score (nSPS) is 13.7. The van der Waals surface area contributed by atoms with Crippen molar-refractivity contribution in [3.05, 3.63) is 63.8 Å². The van der Waals surface area contributed by atoms with E-state index in [2.05, 4.69) is 52.3 Å². The van der Waals surface area contributed by atoms with Crippen LogP contribution in [0.25, 0.3) is 11.1 Å². The Balaban J connectivity index is 1.05. The molecule has 2 aromatic carbocycles. The summed E-state index contributed by atoms with van der Waals surface area (Å²) in [5, 5.41) is 3.94. The molecular weight excluding hydrogens is 476 g/mol. The molecular formula is C25H27BrO4S. The molecule has 0 fully saturated rings. The maximum Gasteiger partial charge on any atom is 0.172 e. The molecule has 31 heavy (non-hydrogen) atoms. The number of unbranched alkanes of at least 4 members (excludes halogenated alkanes) is 3. The van der Waals surface area contributed by atoms with Crippen molar-refractivity contribution in [1.82, 2.24) is 0 Å². The largest absolute Gasteiger partial charge is 0.494 e. The van der Waals surface area contributed by atoms with Crippen molar-refractivity contribution < 1.29 is 18.9 Å². The van der Waals surface area contributed by atoms with E-state index in [1.54, 1.807) is 11.3 Å². The number of rotatable bonds is 10. The maximum atomic E-state index is 5.91. The smallest absolute Gasteiger partial charge is 0.172 e. The third-order valence-corrected chi connectivity index (χ3v) is 6.36. The lowest BCUT2D eigenvalue weighted by molar-refractivity contribution is 0.00102. The van der Waals surface area contributed by atoms with Crippen molar-refractivity contribution in [2.24, 2.45) is 0 Å². The van der Waals surface area contributed by atoms with Crippen LogP contribution in [0.2, 0.25) is 0 Å². The fourth-order valence-corrected chi connectivity index (χ4v) is 4.33. The van der Waals surface area contributed by atoms with E-state index in [4.69, 9.17) is 18.9 Å². The third kappa shape index (κ3) is 6.73. The van der Waals surface area contributed by atoms with Gasteiger partial charge < -0.3 is 18.9 Å². The predicted octanol–water partition coefficient (Wildman–Crippen LogP) is 6.97. The van der Waals surface area contributed by atoms with Crippen molar-refractivity contribution >= 4 is 27.3 Å². The van der Waals surface area contributed by atoms with Crippen LogP contribution in [0, 0.1) is 0 Å². The molecule has 0 amide bonds. The van der Waals surface area contributed by atoms with Crippen molar-refractivity contribution in [2.45, 2.75) is 31.8 Å². The summed E-state index contributed by atoms with van der Waals surface area (Å²) in [6.45, 7) is 2.59. The molecule has 2 heterocycles. The molecule has 1 aliphatic rings. The van der Waals surface area contributed by atoms with E-state index >= 15 is 0 Å². The lowest BCUT2D eigenvalue weighted by Gasteiger charge is -2.14. The second-order valence-corrected chi connectivity index (χ2v) is 9.17. The van der Waals surface area contributed by atoms with Gasteiger partial charge in [-0.15, -0.1) is 11.3 Å². The van der Waals surface area contributed by atoms with Gasteiger partial charge in [0.05, 0.1) is 6.61 Å². The second-order valence-electron chi connectivity index (χ2n) is 7.51. The van der Waals surface area contributed by atoms with Crippen LogP contribution >= 0.6 is 27.3 Å². The molecule has 0 saturated carbocycles. The number of ether oxygens (including phenoxy) is 4. The predicted molar refractivity (Wildman–Crippen MR) is 129 cm³/mol. The molecule has 1 aromatic heterocycles. The van der Waals surface area contributed by atoms with Crippen molar-refractivity contribution in [3.63, 3.8) is 0 Å². The first-order valence-electron chi connectivity index (χ1n) is 10.7. The Bertz CT molecular complexity index is 901. The van der Waals surface area contributed by atoms with E-state index in [0.717, 1.165) is 60.6 Å². The minimum Gasteiger partial charge on any atom is -0.494 e. The Morgan fingerprint density at radius 3 is 2.00 bits per heavy atom. The number of halogens is 1. The molecule has 0 unspecified atom stereocenters. The van der Waals surface area contributed by atoms with E-state index in [1.165, 1.54) is 11.1 Å². The highest BCUT2D eigenvalue weighted by Gasteiger charge is 2.19. The van der Waals surface area contributed by atoms with Crippen LogP contribution in [0.15, 0.2) is 63.8 Å². The van der Waals surface area contributed by atoms with Crippen LogP contribution in [0.5, 0.6) is 17.2 Å². The van der Waals surface area contributed by atoms with E-state index in [0.29, 0.717) is 13.2 Å². The summed E-state index contributed by atoms with van der Waals surface area (Å²) in [7, 11) is 0. The zero-order valence-electron chi connectivity index (χ0n) is 17.4. The topological polar surface area (TPSA) is 36.9 Å². The molecule has 164 valence electrons. The van der Waals surface area contributed by atoms with E-state index in [-0.39, 0.29) is 6.10 Å². The number of hydrogen-bond donors (Lipinski definition) is 0. The van der Waals surface area contributed by atoms with Crippen LogP contribution < -0.4 is 14.2 Å². The Morgan fingerprint density at radius 2 is 1.35 bits per heavy atom. The molecule has 0 radical (unpaired) electrons. The first-order chi connectivity index (χ1) is 15.3. The van der Waals surface area contributed by atoms with Crippen molar-refractivity contribution in [2.75, 3.05) is 26.4 Å². The van der Waals surface area contributed by atoms with Crippen LogP contribution in [-0.4, -0.2) is 32.5 Å². The van der Waals surface area contributed by atoms with Gasteiger partial charge in [0.15, 0.2) is 11.5 Å². The first-order valence-corrected chi connectivity index (χ1v) is 12.4. The van der Waals surface area contributed by atoms with Gasteiger partial charge in [-0.25, -0.2) is 0 Å². The summed E-state index contributed by atoms with van der Waals surface area (Å²) in [5.41, 5.74) is 2.40. The fraction of sp³-hybridized carbons (Fsp3) is 0.360. The number of hydrogen-bond acceptors (Lipinski definition) is 5. The highest BCUT2D eigenvalue weighted by atomic mass is 79.9. The zero-order chi connectivity index (χ0) is 21.3. The van der Waals surface area contributed by atoms with Gasteiger partial charge in [-0.2, -0.15) is 0 Å². The summed E-state index contributed by atoms with van der Waals surface area (Å²) in [6, 6.07) is 16.6. The monoisotopic (exact) mass is 502 g/mol. The third-order valence-electron chi connectivity index (χ3n) is 5.14. The quantitative estimate of drug-likeness (QED) is 0.280. The summed E-state index contributed by atoms with van der Waals surface area (Å²) in [6.07, 6.45) is 4.35. The Hall–Kier alpha value is -2.02. The molecule has 4 rings (SSSR count). The first kappa shape index (κ1) is 22.2. The number of thiophene rings is 1. The SMILES string of the molecule is Brc1ccc(-c2ccc(OCCCCCCOC3COc4cscc4OC3)cc2)cc1. The highest BCUT2D eigenvalue weighted by Crippen LogP contribution is 2.33. The van der Waals surface area contributed by atoms with Crippen molar-refractivity contribution in [3.8, 4) is 28.4 Å². The van der Waals surface area contributed by atoms with Crippen LogP contribution in [0.4, 0.5) is 0 Å². The van der Waals surface area contributed by atoms with E-state index < -0.39 is 0 Å². The summed E-state index contributed by atoms with van der Waals surface area (Å²) < 4.78 is 24.4. The summed E-state index contributed by atoms with van der Waals surface area (Å²) >= 11 is 5.07. The van der Waals surface area contributed by atoms with Gasteiger partial charge in [-0.1, -0.05) is 46.6 Å². The van der Waals surface area contributed by atoms with Gasteiger partial charge in [0, 0.05) is 21.8 Å². The van der Waals surface area contributed by atoms with Crippen molar-refractivity contribution in [1.29, 1.82) is 0 Å². The molecule has 1 aliphatic heterocycles. The fourth-order valence-electron chi connectivity index (χ4n) is 3.38. The molecule has 0 bridgehead atoms. The van der Waals surface area contributed by atoms with Gasteiger partial charge in [-0.05, 0) is 54.7 Å². The maximum absolute atomic E-state index is 5.91. The molecule has 0 saturated heterocycles. The Labute approximate surface area is 196 Å². The van der Waals surface area contributed by atoms with Crippen LogP contribution in [-0.2, 0) is 4.74 Å². The van der Waals surface area contributed by atoms with E-state index in [1.807, 2.05) is 22.9 Å². The Kier molecular flexibility index (Phi) is 8.27. The molecule has 0 N–H and O–H groups in total. The average molecular weight is 503 g/mol. The molecule has 4 nitrogen and oxygen atoms in total. The summed E-state index contributed by atoms with van der Waals surface area (Å²) in [5.74, 6) is 2.59. The Morgan fingerprint density at radius 1 is 0.774 bits per heavy atom. The number of fused-ring (bicyclic) bond motifs is 1. The minimum atomic E-state index is 0.00103. The van der Waals surface area contributed by atoms with Gasteiger partial charge in [-0.3, -0.25) is 0 Å². The van der Waals surface area contributed by atoms with Gasteiger partial charge in [0.2, 0.25) is 0 Å².